The van der Waals surface area contributed by atoms with E-state index < -0.39 is 0 Å². The van der Waals surface area contributed by atoms with Crippen molar-refractivity contribution in [3.05, 3.63) is 45.1 Å². The van der Waals surface area contributed by atoms with E-state index in [2.05, 4.69) is 21.2 Å². The second kappa shape index (κ2) is 7.31. The van der Waals surface area contributed by atoms with Gasteiger partial charge in [0.15, 0.2) is 0 Å². The maximum absolute atomic E-state index is 11.6. The predicted molar refractivity (Wildman–Crippen MR) is 84.8 cm³/mol. The second-order valence-electron chi connectivity index (χ2n) is 4.18. The molecule has 1 aromatic carbocycles. The zero-order valence-corrected chi connectivity index (χ0v) is 13.2. The molecule has 3 N–H and O–H groups in total. The Morgan fingerprint density at radius 1 is 1.35 bits per heavy atom. The second-order valence-corrected chi connectivity index (χ2v) is 6.09. The smallest absolute Gasteiger partial charge is 0.223 e. The highest BCUT2D eigenvalue weighted by molar-refractivity contribution is 9.10. The lowest BCUT2D eigenvalue weighted by atomic mass is 10.3. The van der Waals surface area contributed by atoms with E-state index in [9.17, 15) is 4.79 Å². The molecule has 0 atom stereocenters. The Kier molecular flexibility index (Phi) is 5.43. The van der Waals surface area contributed by atoms with Gasteiger partial charge in [-0.25, -0.2) is 0 Å². The van der Waals surface area contributed by atoms with Crippen LogP contribution in [0.3, 0.4) is 0 Å². The van der Waals surface area contributed by atoms with E-state index in [1.54, 1.807) is 35.6 Å². The fourth-order valence-electron chi connectivity index (χ4n) is 1.55. The number of halogens is 1. The van der Waals surface area contributed by atoms with Crippen LogP contribution in [0.1, 0.15) is 11.3 Å². The van der Waals surface area contributed by atoms with Crippen LogP contribution in [0, 0.1) is 0 Å². The summed E-state index contributed by atoms with van der Waals surface area (Å²) in [4.78, 5) is 12.8. The summed E-state index contributed by atoms with van der Waals surface area (Å²) in [7, 11) is 0. The first kappa shape index (κ1) is 14.9. The lowest BCUT2D eigenvalue weighted by Crippen LogP contribution is -2.24. The molecule has 0 aliphatic heterocycles. The van der Waals surface area contributed by atoms with Gasteiger partial charge >= 0.3 is 0 Å². The number of ether oxygens (including phenoxy) is 1. The third-order valence-electron chi connectivity index (χ3n) is 2.56. The molecular formula is C14H15BrN2O2S. The minimum absolute atomic E-state index is 0.0232. The molecule has 20 heavy (non-hydrogen) atoms. The van der Waals surface area contributed by atoms with Crippen molar-refractivity contribution in [3.63, 3.8) is 0 Å². The lowest BCUT2D eigenvalue weighted by molar-refractivity contribution is -0.121. The Labute approximate surface area is 130 Å². The van der Waals surface area contributed by atoms with Gasteiger partial charge in [-0.15, -0.1) is 11.3 Å². The van der Waals surface area contributed by atoms with Gasteiger partial charge in [-0.05, 0) is 46.3 Å². The fraction of sp³-hybridized carbons (Fsp3) is 0.214. The molecule has 0 bridgehead atoms. The van der Waals surface area contributed by atoms with Gasteiger partial charge in [-0.1, -0.05) is 0 Å². The van der Waals surface area contributed by atoms with Crippen molar-refractivity contribution in [1.82, 2.24) is 5.32 Å². The molecule has 6 heteroatoms. The summed E-state index contributed by atoms with van der Waals surface area (Å²) in [5.41, 5.74) is 6.27. The molecule has 0 aliphatic rings. The summed E-state index contributed by atoms with van der Waals surface area (Å²) in [6, 6.07) is 9.11. The highest BCUT2D eigenvalue weighted by atomic mass is 79.9. The van der Waals surface area contributed by atoms with Gasteiger partial charge in [0.25, 0.3) is 0 Å². The highest BCUT2D eigenvalue weighted by Crippen LogP contribution is 2.19. The van der Waals surface area contributed by atoms with Crippen LogP contribution in [0.15, 0.2) is 40.2 Å². The first-order chi connectivity index (χ1) is 9.63. The number of carbonyl (C=O) groups excluding carboxylic acids is 1. The first-order valence-corrected chi connectivity index (χ1v) is 7.79. The average molecular weight is 355 g/mol. The van der Waals surface area contributed by atoms with Gasteiger partial charge in [0.05, 0.1) is 19.6 Å². The fourth-order valence-corrected chi connectivity index (χ4v) is 2.94. The monoisotopic (exact) mass is 354 g/mol. The Balaban J connectivity index is 1.66. The zero-order chi connectivity index (χ0) is 14.4. The largest absolute Gasteiger partial charge is 0.493 e. The summed E-state index contributed by atoms with van der Waals surface area (Å²) in [6.45, 7) is 0.904. The molecule has 2 rings (SSSR count). The lowest BCUT2D eigenvalue weighted by Gasteiger charge is -2.07. The van der Waals surface area contributed by atoms with E-state index in [1.165, 1.54) is 0 Å². The maximum Gasteiger partial charge on any atom is 0.223 e. The van der Waals surface area contributed by atoms with E-state index in [0.29, 0.717) is 31.0 Å². The molecule has 0 saturated carbocycles. The van der Waals surface area contributed by atoms with Crippen molar-refractivity contribution in [2.45, 2.75) is 13.0 Å². The predicted octanol–water partition coefficient (Wildman–Crippen LogP) is 3.18. The van der Waals surface area contributed by atoms with Crippen LogP contribution in [-0.2, 0) is 11.3 Å². The van der Waals surface area contributed by atoms with Crippen LogP contribution in [0.4, 0.5) is 5.69 Å². The van der Waals surface area contributed by atoms with Gasteiger partial charge < -0.3 is 15.8 Å². The van der Waals surface area contributed by atoms with Crippen LogP contribution >= 0.6 is 27.3 Å². The van der Waals surface area contributed by atoms with Crippen molar-refractivity contribution in [2.24, 2.45) is 0 Å². The Hall–Kier alpha value is -1.53. The molecule has 1 heterocycles. The molecule has 0 fully saturated rings. The third-order valence-corrected chi connectivity index (χ3v) is 4.26. The molecule has 2 aromatic rings. The van der Waals surface area contributed by atoms with E-state index in [0.717, 1.165) is 9.35 Å². The Morgan fingerprint density at radius 3 is 2.75 bits per heavy atom. The van der Waals surface area contributed by atoms with Crippen molar-refractivity contribution in [1.29, 1.82) is 0 Å². The zero-order valence-electron chi connectivity index (χ0n) is 10.8. The van der Waals surface area contributed by atoms with Crippen LogP contribution in [0.2, 0.25) is 0 Å². The highest BCUT2D eigenvalue weighted by Gasteiger charge is 2.03. The maximum atomic E-state index is 11.6. The van der Waals surface area contributed by atoms with E-state index in [-0.39, 0.29) is 5.91 Å². The standard InChI is InChI=1S/C14H15BrN2O2S/c15-10-7-13(20-9-10)8-17-14(18)5-6-19-12-3-1-11(16)2-4-12/h1-4,7,9H,5-6,8,16H2,(H,17,18). The molecule has 106 valence electrons. The van der Waals surface area contributed by atoms with Gasteiger partial charge in [0.2, 0.25) is 5.91 Å². The van der Waals surface area contributed by atoms with Gasteiger partial charge in [-0.3, -0.25) is 4.79 Å². The number of amides is 1. The number of nitrogen functional groups attached to an aromatic ring is 1. The van der Waals surface area contributed by atoms with Gasteiger partial charge in [-0.2, -0.15) is 0 Å². The van der Waals surface area contributed by atoms with Crippen LogP contribution in [-0.4, -0.2) is 12.5 Å². The van der Waals surface area contributed by atoms with Gasteiger partial charge in [0.1, 0.15) is 5.75 Å². The number of hydrogen-bond donors (Lipinski definition) is 2. The third kappa shape index (κ3) is 4.86. The molecule has 4 nitrogen and oxygen atoms in total. The molecule has 0 radical (unpaired) electrons. The summed E-state index contributed by atoms with van der Waals surface area (Å²) in [6.07, 6.45) is 0.330. The molecule has 0 aliphatic carbocycles. The number of nitrogens with one attached hydrogen (secondary N) is 1. The number of nitrogens with two attached hydrogens (primary N) is 1. The minimum Gasteiger partial charge on any atom is -0.493 e. The SMILES string of the molecule is Nc1ccc(OCCC(=O)NCc2cc(Br)cs2)cc1. The van der Waals surface area contributed by atoms with Crippen LogP contribution in [0.5, 0.6) is 5.75 Å². The van der Waals surface area contributed by atoms with E-state index >= 15 is 0 Å². The summed E-state index contributed by atoms with van der Waals surface area (Å²) in [5.74, 6) is 0.694. The normalized spacial score (nSPS) is 10.2. The molecule has 0 unspecified atom stereocenters. The Morgan fingerprint density at radius 2 is 2.10 bits per heavy atom. The number of benzene rings is 1. The van der Waals surface area contributed by atoms with Gasteiger partial charge in [0, 0.05) is 20.4 Å². The number of anilines is 1. The molecule has 0 spiro atoms. The van der Waals surface area contributed by atoms with Crippen molar-refractivity contribution in [3.8, 4) is 5.75 Å². The minimum atomic E-state index is -0.0232. The topological polar surface area (TPSA) is 64.3 Å². The molecule has 1 amide bonds. The molecular weight excluding hydrogens is 340 g/mol. The number of thiophene rings is 1. The quantitative estimate of drug-likeness (QED) is 0.783. The molecule has 1 aromatic heterocycles. The summed E-state index contributed by atoms with van der Waals surface area (Å²) < 4.78 is 6.51. The average Bonchev–Trinajstić information content (AvgIpc) is 2.85. The number of carbonyl (C=O) groups is 1. The van der Waals surface area contributed by atoms with Crippen LogP contribution < -0.4 is 15.8 Å². The number of hydrogen-bond acceptors (Lipinski definition) is 4. The van der Waals surface area contributed by atoms with E-state index in [4.69, 9.17) is 10.5 Å². The van der Waals surface area contributed by atoms with Crippen LogP contribution in [0.25, 0.3) is 0 Å². The molecule has 0 saturated heterocycles. The summed E-state index contributed by atoms with van der Waals surface area (Å²) >= 11 is 4.99. The first-order valence-electron chi connectivity index (χ1n) is 6.11. The van der Waals surface area contributed by atoms with Crippen molar-refractivity contribution in [2.75, 3.05) is 12.3 Å². The van der Waals surface area contributed by atoms with E-state index in [1.807, 2.05) is 11.4 Å². The van der Waals surface area contributed by atoms with Crippen molar-refractivity contribution < 1.29 is 9.53 Å². The van der Waals surface area contributed by atoms with Crippen molar-refractivity contribution >= 4 is 38.9 Å². The Bertz CT molecular complexity index is 569. The number of rotatable bonds is 6. The summed E-state index contributed by atoms with van der Waals surface area (Å²) in [5, 5.41) is 4.85.